The Kier molecular flexibility index (Phi) is 7.91. The molecule has 0 unspecified atom stereocenters. The number of primary amides is 1. The highest BCUT2D eigenvalue weighted by Crippen LogP contribution is 2.31. The molecule has 2 aromatic rings. The zero-order chi connectivity index (χ0) is 20.7. The highest BCUT2D eigenvalue weighted by Gasteiger charge is 2.18. The Morgan fingerprint density at radius 2 is 2.00 bits per heavy atom. The normalized spacial score (nSPS) is 10.4. The molecule has 0 atom stereocenters. The first-order valence-electron chi connectivity index (χ1n) is 8.66. The first-order chi connectivity index (χ1) is 13.3. The van der Waals surface area contributed by atoms with Crippen molar-refractivity contribution in [1.82, 2.24) is 5.32 Å². The van der Waals surface area contributed by atoms with E-state index in [1.165, 1.54) is 11.3 Å². The molecule has 0 bridgehead atoms. The molecule has 0 saturated carbocycles. The number of carbonyl (C=O) groups excluding carboxylic acids is 2. The fourth-order valence-corrected chi connectivity index (χ4v) is 3.74. The number of ether oxygens (including phenoxy) is 2. The van der Waals surface area contributed by atoms with Crippen molar-refractivity contribution in [2.75, 3.05) is 25.1 Å². The third-order valence-corrected chi connectivity index (χ3v) is 5.21. The summed E-state index contributed by atoms with van der Waals surface area (Å²) in [6, 6.07) is 6.76. The highest BCUT2D eigenvalue weighted by atomic mass is 32.1. The number of carbonyl (C=O) groups is 2. The van der Waals surface area contributed by atoms with E-state index in [0.717, 1.165) is 10.4 Å². The molecule has 1 aromatic heterocycles. The maximum atomic E-state index is 12.5. The molecule has 0 aliphatic heterocycles. The molecular weight excluding hydrogens is 398 g/mol. The fraction of sp³-hybridized carbons (Fsp3) is 0.316. The molecule has 0 saturated heterocycles. The molecule has 2 amide bonds. The molecule has 0 radical (unpaired) electrons. The van der Waals surface area contributed by atoms with Crippen LogP contribution < -0.4 is 21.1 Å². The number of anilines is 1. The monoisotopic (exact) mass is 421 g/mol. The summed E-state index contributed by atoms with van der Waals surface area (Å²) in [5, 5.41) is 6.08. The maximum Gasteiger partial charge on any atom is 0.257 e. The topological polar surface area (TPSA) is 103 Å². The van der Waals surface area contributed by atoms with Gasteiger partial charge in [0.2, 0.25) is 0 Å². The van der Waals surface area contributed by atoms with Crippen LogP contribution in [0, 0.1) is 13.8 Å². The molecule has 9 heteroatoms. The van der Waals surface area contributed by atoms with Crippen molar-refractivity contribution in [2.45, 2.75) is 20.8 Å². The molecule has 0 aliphatic carbocycles. The molecule has 4 N–H and O–H groups in total. The van der Waals surface area contributed by atoms with Crippen molar-refractivity contribution in [3.63, 3.8) is 0 Å². The van der Waals surface area contributed by atoms with Gasteiger partial charge in [-0.15, -0.1) is 11.3 Å². The molecular formula is C19H23N3O4S2. The minimum absolute atomic E-state index is 0.0800. The van der Waals surface area contributed by atoms with E-state index < -0.39 is 11.8 Å². The summed E-state index contributed by atoms with van der Waals surface area (Å²) in [7, 11) is 0. The number of rotatable bonds is 8. The van der Waals surface area contributed by atoms with Crippen molar-refractivity contribution in [3.05, 3.63) is 45.8 Å². The third kappa shape index (κ3) is 5.75. The smallest absolute Gasteiger partial charge is 0.257 e. The van der Waals surface area contributed by atoms with Gasteiger partial charge in [-0.25, -0.2) is 0 Å². The van der Waals surface area contributed by atoms with Gasteiger partial charge in [0.15, 0.2) is 5.11 Å². The summed E-state index contributed by atoms with van der Waals surface area (Å²) >= 11 is 6.56. The summed E-state index contributed by atoms with van der Waals surface area (Å²) in [6.45, 7) is 7.10. The minimum atomic E-state index is -0.546. The summed E-state index contributed by atoms with van der Waals surface area (Å²) in [6.07, 6.45) is 0. The second-order valence-corrected chi connectivity index (χ2v) is 7.47. The van der Waals surface area contributed by atoms with E-state index in [0.29, 0.717) is 41.7 Å². The summed E-state index contributed by atoms with van der Waals surface area (Å²) in [4.78, 5) is 25.1. The van der Waals surface area contributed by atoms with Gasteiger partial charge in [0.25, 0.3) is 11.8 Å². The van der Waals surface area contributed by atoms with Gasteiger partial charge >= 0.3 is 0 Å². The minimum Gasteiger partial charge on any atom is -0.491 e. The summed E-state index contributed by atoms with van der Waals surface area (Å²) in [5.74, 6) is -0.375. The molecule has 0 aliphatic rings. The van der Waals surface area contributed by atoms with Crippen LogP contribution in [0.2, 0.25) is 0 Å². The number of aryl methyl sites for hydroxylation is 1. The van der Waals surface area contributed by atoms with Crippen LogP contribution in [0.4, 0.5) is 5.00 Å². The summed E-state index contributed by atoms with van der Waals surface area (Å²) in [5.41, 5.74) is 7.02. The number of thiocarbonyl (C=S) groups is 1. The van der Waals surface area contributed by atoms with Gasteiger partial charge in [-0.1, -0.05) is 6.07 Å². The molecule has 150 valence electrons. The Balaban J connectivity index is 2.00. The lowest BCUT2D eigenvalue weighted by atomic mass is 10.1. The molecule has 28 heavy (non-hydrogen) atoms. The molecule has 7 nitrogen and oxygen atoms in total. The summed E-state index contributed by atoms with van der Waals surface area (Å²) < 4.78 is 10.8. The largest absolute Gasteiger partial charge is 0.491 e. The van der Waals surface area contributed by atoms with Gasteiger partial charge in [0, 0.05) is 17.0 Å². The SMILES string of the molecule is CCOCCOc1cccc(C(=O)NC(=S)Nc2sc(C)c(C)c2C(N)=O)c1. The molecule has 0 spiro atoms. The Bertz CT molecular complexity index is 880. The van der Waals surface area contributed by atoms with Crippen LogP contribution in [0.3, 0.4) is 0 Å². The van der Waals surface area contributed by atoms with Crippen LogP contribution in [0.5, 0.6) is 5.75 Å². The van der Waals surface area contributed by atoms with Gasteiger partial charge in [0.1, 0.15) is 17.4 Å². The van der Waals surface area contributed by atoms with Crippen molar-refractivity contribution in [2.24, 2.45) is 5.73 Å². The average Bonchev–Trinajstić information content (AvgIpc) is 2.92. The first kappa shape index (κ1) is 21.8. The Hall–Kier alpha value is -2.49. The maximum absolute atomic E-state index is 12.5. The van der Waals surface area contributed by atoms with E-state index in [1.54, 1.807) is 24.3 Å². The zero-order valence-corrected chi connectivity index (χ0v) is 17.6. The number of nitrogens with one attached hydrogen (secondary N) is 2. The average molecular weight is 422 g/mol. The van der Waals surface area contributed by atoms with Crippen molar-refractivity contribution < 1.29 is 19.1 Å². The standard InChI is InChI=1S/C19H23N3O4S2/c1-4-25-8-9-26-14-7-5-6-13(10-14)17(24)21-19(27)22-18-15(16(20)23)11(2)12(3)28-18/h5-7,10H,4,8-9H2,1-3H3,(H2,20,23)(H2,21,22,24,27). The van der Waals surface area contributed by atoms with Crippen LogP contribution in [0.25, 0.3) is 0 Å². The Morgan fingerprint density at radius 1 is 1.25 bits per heavy atom. The first-order valence-corrected chi connectivity index (χ1v) is 9.88. The van der Waals surface area contributed by atoms with Crippen LogP contribution in [0.15, 0.2) is 24.3 Å². The Labute approximate surface area is 173 Å². The quantitative estimate of drug-likeness (QED) is 0.447. The van der Waals surface area contributed by atoms with Crippen LogP contribution >= 0.6 is 23.6 Å². The Morgan fingerprint density at radius 3 is 2.68 bits per heavy atom. The predicted octanol–water partition coefficient (Wildman–Crippen LogP) is 3.01. The number of nitrogens with two attached hydrogens (primary N) is 1. The van der Waals surface area contributed by atoms with E-state index >= 15 is 0 Å². The third-order valence-electron chi connectivity index (χ3n) is 3.88. The van der Waals surface area contributed by atoms with Crippen molar-refractivity contribution in [1.29, 1.82) is 0 Å². The lowest BCUT2D eigenvalue weighted by molar-refractivity contribution is 0.0974. The zero-order valence-electron chi connectivity index (χ0n) is 16.0. The van der Waals surface area contributed by atoms with Gasteiger partial charge < -0.3 is 20.5 Å². The fourth-order valence-electron chi connectivity index (χ4n) is 2.41. The van der Waals surface area contributed by atoms with Gasteiger partial charge in [-0.05, 0) is 56.8 Å². The van der Waals surface area contributed by atoms with Crippen LogP contribution in [0.1, 0.15) is 38.1 Å². The molecule has 0 fully saturated rings. The van der Waals surface area contributed by atoms with E-state index in [9.17, 15) is 9.59 Å². The second-order valence-electron chi connectivity index (χ2n) is 5.83. The van der Waals surface area contributed by atoms with E-state index in [4.69, 9.17) is 27.4 Å². The second kappa shape index (κ2) is 10.2. The molecule has 1 heterocycles. The predicted molar refractivity (Wildman–Crippen MR) is 114 cm³/mol. The number of amides is 2. The van der Waals surface area contributed by atoms with Crippen LogP contribution in [-0.4, -0.2) is 36.7 Å². The number of benzene rings is 1. The van der Waals surface area contributed by atoms with E-state index in [-0.39, 0.29) is 5.11 Å². The number of hydrogen-bond donors (Lipinski definition) is 3. The lowest BCUT2D eigenvalue weighted by Gasteiger charge is -2.11. The number of thiophene rings is 1. The van der Waals surface area contributed by atoms with Gasteiger partial charge in [0.05, 0.1) is 12.2 Å². The van der Waals surface area contributed by atoms with Crippen molar-refractivity contribution >= 4 is 45.5 Å². The highest BCUT2D eigenvalue weighted by molar-refractivity contribution is 7.80. The molecule has 2 rings (SSSR count). The van der Waals surface area contributed by atoms with Gasteiger partial charge in [-0.2, -0.15) is 0 Å². The van der Waals surface area contributed by atoms with E-state index in [1.807, 2.05) is 20.8 Å². The lowest BCUT2D eigenvalue weighted by Crippen LogP contribution is -2.34. The van der Waals surface area contributed by atoms with Gasteiger partial charge in [-0.3, -0.25) is 14.9 Å². The number of hydrogen-bond acceptors (Lipinski definition) is 6. The molecule has 1 aromatic carbocycles. The van der Waals surface area contributed by atoms with Crippen molar-refractivity contribution in [3.8, 4) is 5.75 Å². The van der Waals surface area contributed by atoms with E-state index in [2.05, 4.69) is 10.6 Å². The van der Waals surface area contributed by atoms with Crippen LogP contribution in [-0.2, 0) is 4.74 Å².